The Bertz CT molecular complexity index is 870. The van der Waals surface area contributed by atoms with Crippen molar-refractivity contribution in [2.75, 3.05) is 7.11 Å². The van der Waals surface area contributed by atoms with Gasteiger partial charge in [-0.05, 0) is 49.4 Å². The van der Waals surface area contributed by atoms with Gasteiger partial charge in [0.15, 0.2) is 5.82 Å². The quantitative estimate of drug-likeness (QED) is 0.423. The fourth-order valence-electron chi connectivity index (χ4n) is 3.46. The second-order valence-electron chi connectivity index (χ2n) is 6.63. The molecule has 174 valence electrons. The number of nitrogens with zero attached hydrogens (tertiary/aromatic N) is 4. The molecule has 3 rings (SSSR count). The third-order valence-electron chi connectivity index (χ3n) is 4.86. The highest BCUT2D eigenvalue weighted by Crippen LogP contribution is 2.32. The summed E-state index contributed by atoms with van der Waals surface area (Å²) in [6.07, 6.45) is 6.79. The molecule has 0 aliphatic rings. The van der Waals surface area contributed by atoms with Crippen molar-refractivity contribution >= 4 is 0 Å². The Labute approximate surface area is 190 Å². The van der Waals surface area contributed by atoms with Crippen molar-refractivity contribution in [1.82, 2.24) is 19.1 Å². The lowest BCUT2D eigenvalue weighted by atomic mass is 10.0. The highest BCUT2D eigenvalue weighted by atomic mass is 16.5. The average Bonchev–Trinajstić information content (AvgIpc) is 3.43. The largest absolute Gasteiger partial charge is 0.497 e. The number of hydrogen-bond donors (Lipinski definition) is 0. The zero-order valence-corrected chi connectivity index (χ0v) is 21.9. The minimum atomic E-state index is 0.422. The zero-order valence-electron chi connectivity index (χ0n) is 21.9. The van der Waals surface area contributed by atoms with Gasteiger partial charge in [-0.1, -0.05) is 55.4 Å². The normalized spacial score (nSPS) is 10.6. The molecule has 5 heteroatoms. The number of benzene rings is 1. The van der Waals surface area contributed by atoms with Crippen molar-refractivity contribution in [1.29, 1.82) is 0 Å². The molecule has 2 aromatic heterocycles. The summed E-state index contributed by atoms with van der Waals surface area (Å²) in [6, 6.07) is 4.11. The highest BCUT2D eigenvalue weighted by molar-refractivity contribution is 5.61. The number of methoxy groups -OCH3 is 1. The van der Waals surface area contributed by atoms with Crippen LogP contribution in [0.3, 0.4) is 0 Å². The molecule has 0 N–H and O–H groups in total. The van der Waals surface area contributed by atoms with E-state index >= 15 is 0 Å². The average molecular weight is 429 g/mol. The van der Waals surface area contributed by atoms with Gasteiger partial charge < -0.3 is 9.30 Å². The summed E-state index contributed by atoms with van der Waals surface area (Å²) in [4.78, 5) is 9.30. The van der Waals surface area contributed by atoms with Crippen molar-refractivity contribution in [2.24, 2.45) is 7.05 Å². The number of hydrogen-bond acceptors (Lipinski definition) is 3. The van der Waals surface area contributed by atoms with Crippen LogP contribution in [0.1, 0.15) is 84.5 Å². The number of ether oxygens (including phenoxy) is 1. The molecule has 5 nitrogen and oxygen atoms in total. The minimum Gasteiger partial charge on any atom is -0.497 e. The van der Waals surface area contributed by atoms with Crippen LogP contribution in [0.2, 0.25) is 0 Å². The molecule has 0 aliphatic carbocycles. The predicted molar refractivity (Wildman–Crippen MR) is 135 cm³/mol. The topological polar surface area (TPSA) is 44.9 Å². The summed E-state index contributed by atoms with van der Waals surface area (Å²) in [5.74, 6) is 2.18. The van der Waals surface area contributed by atoms with Crippen molar-refractivity contribution in [3.63, 3.8) is 0 Å². The Hall–Kier alpha value is -2.56. The van der Waals surface area contributed by atoms with E-state index in [2.05, 4.69) is 66.0 Å². The Kier molecular flexibility index (Phi) is 13.3. The van der Waals surface area contributed by atoms with Crippen LogP contribution in [-0.4, -0.2) is 26.2 Å². The fourth-order valence-corrected chi connectivity index (χ4v) is 3.46. The second kappa shape index (κ2) is 14.4. The molecule has 0 spiro atoms. The number of aromatic nitrogens is 4. The van der Waals surface area contributed by atoms with Crippen LogP contribution in [0.5, 0.6) is 5.75 Å². The molecule has 1 unspecified atom stereocenters. The lowest BCUT2D eigenvalue weighted by Gasteiger charge is -2.17. The van der Waals surface area contributed by atoms with Gasteiger partial charge in [-0.25, -0.2) is 9.97 Å². The molecular formula is C26H44N4O. The summed E-state index contributed by atoms with van der Waals surface area (Å²) in [5.41, 5.74) is 5.61. The van der Waals surface area contributed by atoms with Gasteiger partial charge >= 0.3 is 0 Å². The first-order valence-corrected chi connectivity index (χ1v) is 11.7. The van der Waals surface area contributed by atoms with Gasteiger partial charge in [-0.15, -0.1) is 0 Å². The first-order valence-electron chi connectivity index (χ1n) is 11.7. The molecule has 0 fully saturated rings. The van der Waals surface area contributed by atoms with Gasteiger partial charge in [0.1, 0.15) is 11.4 Å². The third kappa shape index (κ3) is 6.46. The van der Waals surface area contributed by atoms with Gasteiger partial charge in [-0.2, -0.15) is 0 Å². The van der Waals surface area contributed by atoms with E-state index in [1.807, 2.05) is 60.3 Å². The maximum absolute atomic E-state index is 5.39. The van der Waals surface area contributed by atoms with Gasteiger partial charge in [0.25, 0.3) is 0 Å². The predicted octanol–water partition coefficient (Wildman–Crippen LogP) is 7.49. The molecule has 0 bridgehead atoms. The van der Waals surface area contributed by atoms with Crippen LogP contribution >= 0.6 is 0 Å². The van der Waals surface area contributed by atoms with Gasteiger partial charge in [-0.3, -0.25) is 4.57 Å². The van der Waals surface area contributed by atoms with Crippen LogP contribution in [0.25, 0.3) is 17.2 Å². The highest BCUT2D eigenvalue weighted by Gasteiger charge is 2.21. The van der Waals surface area contributed by atoms with Crippen LogP contribution in [0, 0.1) is 13.8 Å². The molecule has 0 radical (unpaired) electrons. The minimum absolute atomic E-state index is 0.422. The summed E-state index contributed by atoms with van der Waals surface area (Å²) < 4.78 is 9.64. The number of rotatable bonds is 5. The van der Waals surface area contributed by atoms with E-state index in [0.717, 1.165) is 40.5 Å². The van der Waals surface area contributed by atoms with Crippen LogP contribution < -0.4 is 4.74 Å². The summed E-state index contributed by atoms with van der Waals surface area (Å²) in [5, 5.41) is 0. The standard InChI is InChI=1S/C20H26N4O.3C2H6/c1-7-13(2)19-17(22-12-23(19)5)20-21-8-9-24(20)18-14(3)10-16(25-6)11-15(18)4;3*1-2/h8-13H,7H2,1-6H3;3*1-2H3. The third-order valence-corrected chi connectivity index (χ3v) is 4.86. The zero-order chi connectivity index (χ0) is 24.1. The van der Waals surface area contributed by atoms with Gasteiger partial charge in [0.2, 0.25) is 0 Å². The molecule has 1 aromatic carbocycles. The molecule has 2 heterocycles. The Morgan fingerprint density at radius 2 is 1.52 bits per heavy atom. The first-order chi connectivity index (χ1) is 15.0. The van der Waals surface area contributed by atoms with Crippen molar-refractivity contribution in [2.45, 2.75) is 81.6 Å². The molecule has 3 aromatic rings. The summed E-state index contributed by atoms with van der Waals surface area (Å²) >= 11 is 0. The SMILES string of the molecule is CC.CC.CC.CCC(C)c1c(-c2nccn2-c2c(C)cc(OC)cc2C)ncn1C. The van der Waals surface area contributed by atoms with E-state index in [1.165, 1.54) is 5.69 Å². The Morgan fingerprint density at radius 3 is 2.00 bits per heavy atom. The van der Waals surface area contributed by atoms with Gasteiger partial charge in [0, 0.05) is 19.4 Å². The van der Waals surface area contributed by atoms with E-state index in [1.54, 1.807) is 7.11 Å². The van der Waals surface area contributed by atoms with E-state index < -0.39 is 0 Å². The van der Waals surface area contributed by atoms with E-state index in [-0.39, 0.29) is 0 Å². The van der Waals surface area contributed by atoms with Crippen molar-refractivity contribution in [3.05, 3.63) is 47.7 Å². The molecular weight excluding hydrogens is 384 g/mol. The molecule has 0 saturated heterocycles. The van der Waals surface area contributed by atoms with Crippen LogP contribution in [0.15, 0.2) is 30.9 Å². The number of imidazole rings is 2. The van der Waals surface area contributed by atoms with Crippen molar-refractivity contribution in [3.8, 4) is 23.0 Å². The molecule has 1 atom stereocenters. The summed E-state index contributed by atoms with van der Waals surface area (Å²) in [6.45, 7) is 20.6. The van der Waals surface area contributed by atoms with Crippen molar-refractivity contribution < 1.29 is 4.74 Å². The number of aryl methyl sites for hydroxylation is 3. The first kappa shape index (κ1) is 28.4. The van der Waals surface area contributed by atoms with E-state index in [9.17, 15) is 0 Å². The smallest absolute Gasteiger partial charge is 0.165 e. The monoisotopic (exact) mass is 428 g/mol. The van der Waals surface area contributed by atoms with Gasteiger partial charge in [0.05, 0.1) is 24.8 Å². The molecule has 0 saturated carbocycles. The Balaban J connectivity index is 0.00000138. The Morgan fingerprint density at radius 1 is 0.968 bits per heavy atom. The van der Waals surface area contributed by atoms with E-state index in [4.69, 9.17) is 4.74 Å². The lowest BCUT2D eigenvalue weighted by Crippen LogP contribution is -2.06. The fraction of sp³-hybridized carbons (Fsp3) is 0.538. The van der Waals surface area contributed by atoms with E-state index in [0.29, 0.717) is 5.92 Å². The molecule has 0 amide bonds. The summed E-state index contributed by atoms with van der Waals surface area (Å²) in [7, 11) is 3.75. The maximum Gasteiger partial charge on any atom is 0.165 e. The molecule has 31 heavy (non-hydrogen) atoms. The van der Waals surface area contributed by atoms with Crippen LogP contribution in [0.4, 0.5) is 0 Å². The maximum atomic E-state index is 5.39. The van der Waals surface area contributed by atoms with Crippen LogP contribution in [-0.2, 0) is 7.05 Å². The lowest BCUT2D eigenvalue weighted by molar-refractivity contribution is 0.414. The molecule has 0 aliphatic heterocycles. The second-order valence-corrected chi connectivity index (χ2v) is 6.63.